The molecule has 5 aromatic rings. The number of ether oxygens (including phenoxy) is 1. The molecule has 0 spiro atoms. The average Bonchev–Trinajstić information content (AvgIpc) is 3.06. The number of halogens is 2. The Morgan fingerprint density at radius 2 is 1.76 bits per heavy atom. The maximum Gasteiger partial charge on any atom is 0.266 e. The van der Waals surface area contributed by atoms with E-state index in [1.807, 2.05) is 6.07 Å². The summed E-state index contributed by atoms with van der Waals surface area (Å²) in [5, 5.41) is 6.60. The highest BCUT2D eigenvalue weighted by atomic mass is 19.2. The van der Waals surface area contributed by atoms with Crippen molar-refractivity contribution in [2.24, 2.45) is 0 Å². The lowest BCUT2D eigenvalue weighted by Crippen LogP contribution is -2.33. The van der Waals surface area contributed by atoms with Crippen molar-refractivity contribution in [2.45, 2.75) is 19.5 Å². The molecule has 0 bridgehead atoms. The van der Waals surface area contributed by atoms with E-state index in [0.717, 1.165) is 46.0 Å². The van der Waals surface area contributed by atoms with Crippen LogP contribution in [-0.2, 0) is 17.8 Å². The van der Waals surface area contributed by atoms with Gasteiger partial charge in [0.05, 0.1) is 18.4 Å². The highest BCUT2D eigenvalue weighted by molar-refractivity contribution is 5.94. The van der Waals surface area contributed by atoms with Crippen LogP contribution in [0.25, 0.3) is 10.9 Å². The first-order chi connectivity index (χ1) is 22.2. The minimum atomic E-state index is -1.03. The van der Waals surface area contributed by atoms with Gasteiger partial charge in [-0.25, -0.2) is 23.7 Å². The first-order valence-corrected chi connectivity index (χ1v) is 14.4. The third-order valence-corrected chi connectivity index (χ3v) is 7.16. The summed E-state index contributed by atoms with van der Waals surface area (Å²) < 4.78 is 33.0. The molecule has 2 aromatic heterocycles. The van der Waals surface area contributed by atoms with Gasteiger partial charge in [0.25, 0.3) is 17.4 Å². The molecule has 0 aliphatic heterocycles. The van der Waals surface area contributed by atoms with Crippen LogP contribution in [0.3, 0.4) is 0 Å². The van der Waals surface area contributed by atoms with Gasteiger partial charge < -0.3 is 20.3 Å². The number of aromatic nitrogens is 4. The summed E-state index contributed by atoms with van der Waals surface area (Å²) in [5.74, 6) is -2.35. The smallest absolute Gasteiger partial charge is 0.266 e. The van der Waals surface area contributed by atoms with E-state index in [1.165, 1.54) is 12.4 Å². The molecule has 2 heterocycles. The van der Waals surface area contributed by atoms with Crippen molar-refractivity contribution in [3.63, 3.8) is 0 Å². The largest absolute Gasteiger partial charge is 0.385 e. The van der Waals surface area contributed by atoms with E-state index in [9.17, 15) is 23.2 Å². The van der Waals surface area contributed by atoms with E-state index < -0.39 is 23.1 Å². The summed E-state index contributed by atoms with van der Waals surface area (Å²) in [5.41, 5.74) is 2.26. The summed E-state index contributed by atoms with van der Waals surface area (Å²) in [6.45, 7) is 1.23. The fraction of sp³-hybridized carbons (Fsp3) is 0.212. The van der Waals surface area contributed by atoms with E-state index >= 15 is 0 Å². The molecule has 0 saturated carbocycles. The summed E-state index contributed by atoms with van der Waals surface area (Å²) in [4.78, 5) is 52.9. The molecule has 3 aromatic carbocycles. The molecular formula is C33H31F2N7O4. The van der Waals surface area contributed by atoms with Crippen LogP contribution in [0.15, 0.2) is 84.2 Å². The van der Waals surface area contributed by atoms with Gasteiger partial charge in [-0.15, -0.1) is 0 Å². The molecule has 46 heavy (non-hydrogen) atoms. The number of methoxy groups -OCH3 is 1. The Hall–Kier alpha value is -5.56. The molecule has 2 amide bonds. The molecular weight excluding hydrogens is 596 g/mol. The van der Waals surface area contributed by atoms with Crippen LogP contribution in [0, 0.1) is 11.6 Å². The zero-order valence-corrected chi connectivity index (χ0v) is 25.2. The number of hydrogen-bond donors (Lipinski definition) is 2. The molecule has 2 N–H and O–H groups in total. The predicted octanol–water partition coefficient (Wildman–Crippen LogP) is 4.30. The van der Waals surface area contributed by atoms with E-state index in [-0.39, 0.29) is 24.6 Å². The number of anilines is 2. The van der Waals surface area contributed by atoms with Crippen molar-refractivity contribution in [1.29, 1.82) is 0 Å². The van der Waals surface area contributed by atoms with E-state index in [2.05, 4.69) is 25.6 Å². The maximum atomic E-state index is 13.6. The van der Waals surface area contributed by atoms with Crippen molar-refractivity contribution in [3.05, 3.63) is 124 Å². The van der Waals surface area contributed by atoms with Crippen molar-refractivity contribution in [1.82, 2.24) is 29.7 Å². The molecule has 11 nitrogen and oxygen atoms in total. The Balaban J connectivity index is 1.19. The van der Waals surface area contributed by atoms with Gasteiger partial charge in [0.1, 0.15) is 5.56 Å². The summed E-state index contributed by atoms with van der Waals surface area (Å²) in [7, 11) is 3.39. The third-order valence-electron chi connectivity index (χ3n) is 7.16. The lowest BCUT2D eigenvalue weighted by atomic mass is 10.1. The quantitative estimate of drug-likeness (QED) is 0.196. The van der Waals surface area contributed by atoms with Gasteiger partial charge in [0, 0.05) is 62.9 Å². The average molecular weight is 628 g/mol. The standard InChI is InChI=1S/C33H31F2N7O4/c1-41(12-3-13-46-2)31(44)23-6-8-25(9-7-23)39-33-38-17-24-14-21(5-11-29(24)40-33)16-37-30(43)26-18-36-20-42(32(26)45)19-22-4-10-27(34)28(35)15-22/h4-11,14-15,17-18,20H,3,12-13,16,19H2,1-2H3,(H,37,43)(H,38,39,40). The topological polar surface area (TPSA) is 131 Å². The summed E-state index contributed by atoms with van der Waals surface area (Å²) >= 11 is 0. The Morgan fingerprint density at radius 1 is 0.978 bits per heavy atom. The Labute approximate surface area is 262 Å². The molecule has 5 rings (SSSR count). The van der Waals surface area contributed by atoms with E-state index in [4.69, 9.17) is 4.74 Å². The summed E-state index contributed by atoms with van der Waals surface area (Å²) in [6, 6.07) is 15.8. The SMILES string of the molecule is COCCCN(C)C(=O)c1ccc(Nc2ncc3cc(CNC(=O)c4cncn(Cc5ccc(F)c(F)c5)c4=O)ccc3n2)cc1. The van der Waals surface area contributed by atoms with Gasteiger partial charge in [-0.2, -0.15) is 0 Å². The zero-order valence-electron chi connectivity index (χ0n) is 25.2. The number of nitrogens with zero attached hydrogens (tertiary/aromatic N) is 5. The van der Waals surface area contributed by atoms with Gasteiger partial charge in [-0.05, 0) is 66.1 Å². The number of carbonyl (C=O) groups is 2. The molecule has 13 heteroatoms. The van der Waals surface area contributed by atoms with Gasteiger partial charge >= 0.3 is 0 Å². The van der Waals surface area contributed by atoms with Crippen LogP contribution < -0.4 is 16.2 Å². The second kappa shape index (κ2) is 14.5. The minimum absolute atomic E-state index is 0.0752. The van der Waals surface area contributed by atoms with Crippen molar-refractivity contribution in [2.75, 3.05) is 32.6 Å². The second-order valence-electron chi connectivity index (χ2n) is 10.5. The van der Waals surface area contributed by atoms with Crippen LogP contribution in [0.2, 0.25) is 0 Å². The number of hydrogen-bond acceptors (Lipinski definition) is 8. The van der Waals surface area contributed by atoms with Crippen LogP contribution >= 0.6 is 0 Å². The Kier molecular flexibility index (Phi) is 10.0. The highest BCUT2D eigenvalue weighted by Gasteiger charge is 2.15. The van der Waals surface area contributed by atoms with Crippen molar-refractivity contribution >= 4 is 34.4 Å². The minimum Gasteiger partial charge on any atom is -0.385 e. The lowest BCUT2D eigenvalue weighted by molar-refractivity contribution is 0.0779. The van der Waals surface area contributed by atoms with Gasteiger partial charge in [0.2, 0.25) is 5.95 Å². The predicted molar refractivity (Wildman–Crippen MR) is 168 cm³/mol. The molecule has 236 valence electrons. The fourth-order valence-corrected chi connectivity index (χ4v) is 4.68. The first kappa shape index (κ1) is 31.9. The molecule has 0 radical (unpaired) electrons. The van der Waals surface area contributed by atoms with E-state index in [0.29, 0.717) is 35.7 Å². The third kappa shape index (κ3) is 7.74. The van der Waals surface area contributed by atoms with Crippen molar-refractivity contribution < 1.29 is 23.1 Å². The van der Waals surface area contributed by atoms with Crippen LogP contribution in [-0.4, -0.2) is 63.5 Å². The Bertz CT molecular complexity index is 1930. The highest BCUT2D eigenvalue weighted by Crippen LogP contribution is 2.19. The second-order valence-corrected chi connectivity index (χ2v) is 10.5. The van der Waals surface area contributed by atoms with Crippen molar-refractivity contribution in [3.8, 4) is 0 Å². The van der Waals surface area contributed by atoms with Crippen LogP contribution in [0.5, 0.6) is 0 Å². The molecule has 0 aliphatic carbocycles. The molecule has 0 saturated heterocycles. The molecule has 0 atom stereocenters. The first-order valence-electron chi connectivity index (χ1n) is 14.4. The molecule has 0 fully saturated rings. The maximum absolute atomic E-state index is 13.6. The number of benzene rings is 3. The lowest BCUT2D eigenvalue weighted by Gasteiger charge is -2.17. The van der Waals surface area contributed by atoms with Gasteiger partial charge in [-0.3, -0.25) is 19.0 Å². The number of amides is 2. The fourth-order valence-electron chi connectivity index (χ4n) is 4.68. The number of nitrogens with one attached hydrogen (secondary N) is 2. The Morgan fingerprint density at radius 3 is 2.52 bits per heavy atom. The van der Waals surface area contributed by atoms with Crippen LogP contribution in [0.1, 0.15) is 38.3 Å². The van der Waals surface area contributed by atoms with Gasteiger partial charge in [-0.1, -0.05) is 12.1 Å². The molecule has 0 unspecified atom stereocenters. The number of carbonyl (C=O) groups excluding carboxylic acids is 2. The number of fused-ring (bicyclic) bond motifs is 1. The van der Waals surface area contributed by atoms with E-state index in [1.54, 1.807) is 61.7 Å². The monoisotopic (exact) mass is 627 g/mol. The molecule has 0 aliphatic rings. The normalized spacial score (nSPS) is 11.0. The van der Waals surface area contributed by atoms with Gasteiger partial charge in [0.15, 0.2) is 11.6 Å². The number of rotatable bonds is 12. The summed E-state index contributed by atoms with van der Waals surface area (Å²) in [6.07, 6.45) is 4.80. The van der Waals surface area contributed by atoms with Crippen LogP contribution in [0.4, 0.5) is 20.4 Å². The zero-order chi connectivity index (χ0) is 32.6.